The van der Waals surface area contributed by atoms with Crippen molar-refractivity contribution in [1.29, 1.82) is 0 Å². The molecule has 0 saturated carbocycles. The van der Waals surface area contributed by atoms with Gasteiger partial charge in [0.05, 0.1) is 19.6 Å². The summed E-state index contributed by atoms with van der Waals surface area (Å²) in [6, 6.07) is -1.38. The second-order valence-electron chi connectivity index (χ2n) is 3.86. The smallest absolute Gasteiger partial charge is 0.409 e. The molecule has 0 spiro atoms. The predicted octanol–water partition coefficient (Wildman–Crippen LogP) is -1.11. The summed E-state index contributed by atoms with van der Waals surface area (Å²) in [5, 5.41) is 36.7. The molecule has 0 radical (unpaired) electrons. The number of hydrogen-bond donors (Lipinski definition) is 5. The van der Waals surface area contributed by atoms with Crippen LogP contribution in [0.25, 0.3) is 0 Å². The summed E-state index contributed by atoms with van der Waals surface area (Å²) in [4.78, 5) is 42.9. The van der Waals surface area contributed by atoms with Gasteiger partial charge >= 0.3 is 24.0 Å². The molecule has 0 rings (SSSR count). The fourth-order valence-corrected chi connectivity index (χ4v) is 1.18. The Hall–Kier alpha value is -2.40. The van der Waals surface area contributed by atoms with E-state index in [9.17, 15) is 19.2 Å². The number of rotatable bonds is 11. The first-order valence-electron chi connectivity index (χ1n) is 5.69. The van der Waals surface area contributed by atoms with Crippen LogP contribution < -0.4 is 5.32 Å². The molecule has 0 aromatic heterocycles. The lowest BCUT2D eigenvalue weighted by Gasteiger charge is -2.19. The first kappa shape index (κ1) is 18.6. The average molecular weight is 308 g/mol. The van der Waals surface area contributed by atoms with Gasteiger partial charge in [-0.2, -0.15) is 0 Å². The van der Waals surface area contributed by atoms with E-state index in [2.05, 4.69) is 5.32 Å². The third-order valence-electron chi connectivity index (χ3n) is 2.22. The van der Waals surface area contributed by atoms with Crippen molar-refractivity contribution in [1.82, 2.24) is 10.2 Å². The highest BCUT2D eigenvalue weighted by atomic mass is 16.5. The Balaban J connectivity index is 4.13. The molecule has 0 bridgehead atoms. The van der Waals surface area contributed by atoms with E-state index in [1.54, 1.807) is 0 Å². The molecule has 0 aliphatic carbocycles. The predicted molar refractivity (Wildman–Crippen MR) is 64.6 cm³/mol. The first-order chi connectivity index (χ1) is 9.73. The number of carboxylic acid groups (broad SMARTS) is 4. The van der Waals surface area contributed by atoms with Gasteiger partial charge in [0.15, 0.2) is 0 Å². The topological polar surface area (TPSA) is 174 Å². The van der Waals surface area contributed by atoms with E-state index >= 15 is 0 Å². The van der Waals surface area contributed by atoms with Gasteiger partial charge in [-0.05, 0) is 0 Å². The van der Waals surface area contributed by atoms with E-state index in [4.69, 9.17) is 25.2 Å². The van der Waals surface area contributed by atoms with E-state index in [-0.39, 0.29) is 6.54 Å². The van der Waals surface area contributed by atoms with Crippen LogP contribution in [0, 0.1) is 0 Å². The molecule has 0 fully saturated rings. The Labute approximate surface area is 118 Å². The number of aliphatic carboxylic acids is 3. The van der Waals surface area contributed by atoms with Crippen molar-refractivity contribution in [3.05, 3.63) is 0 Å². The second-order valence-corrected chi connectivity index (χ2v) is 3.86. The molecule has 21 heavy (non-hydrogen) atoms. The SMILES string of the molecule is O=C(O)CCN(COCNC(CC(=O)O)C(=O)O)C(=O)O. The van der Waals surface area contributed by atoms with Gasteiger partial charge in [-0.3, -0.25) is 24.6 Å². The quantitative estimate of drug-likeness (QED) is 0.232. The summed E-state index contributed by atoms with van der Waals surface area (Å²) in [7, 11) is 0. The molecule has 11 nitrogen and oxygen atoms in total. The van der Waals surface area contributed by atoms with Crippen LogP contribution in [0.4, 0.5) is 4.79 Å². The zero-order valence-electron chi connectivity index (χ0n) is 10.9. The number of hydrogen-bond acceptors (Lipinski definition) is 6. The Morgan fingerprint density at radius 1 is 1.05 bits per heavy atom. The van der Waals surface area contributed by atoms with Crippen molar-refractivity contribution in [2.45, 2.75) is 18.9 Å². The van der Waals surface area contributed by atoms with E-state index in [1.165, 1.54) is 0 Å². The fourth-order valence-electron chi connectivity index (χ4n) is 1.18. The standard InChI is InChI=1S/C10H16N2O9/c13-7(14)1-2-12(10(19)20)5-21-4-11-6(9(17)18)3-8(15)16/h6,11H,1-5H2,(H,13,14)(H,15,16)(H,17,18)(H,19,20). The number of carbonyl (C=O) groups is 4. The Bertz CT molecular complexity index is 398. The van der Waals surface area contributed by atoms with Gasteiger partial charge in [0, 0.05) is 6.54 Å². The minimum atomic E-state index is -1.39. The fraction of sp³-hybridized carbons (Fsp3) is 0.600. The van der Waals surface area contributed by atoms with Gasteiger partial charge < -0.3 is 25.2 Å². The van der Waals surface area contributed by atoms with Gasteiger partial charge in [0.25, 0.3) is 0 Å². The van der Waals surface area contributed by atoms with Gasteiger partial charge in [0.2, 0.25) is 0 Å². The van der Waals surface area contributed by atoms with Gasteiger partial charge in [-0.25, -0.2) is 4.79 Å². The zero-order chi connectivity index (χ0) is 16.4. The van der Waals surface area contributed by atoms with Crippen LogP contribution in [0.2, 0.25) is 0 Å². The molecule has 1 amide bonds. The third-order valence-corrected chi connectivity index (χ3v) is 2.22. The van der Waals surface area contributed by atoms with Crippen LogP contribution in [-0.4, -0.2) is 75.4 Å². The largest absolute Gasteiger partial charge is 0.481 e. The van der Waals surface area contributed by atoms with Crippen LogP contribution in [0.15, 0.2) is 0 Å². The molecule has 0 aromatic carbocycles. The third kappa shape index (κ3) is 9.18. The molecule has 5 N–H and O–H groups in total. The monoisotopic (exact) mass is 308 g/mol. The maximum absolute atomic E-state index is 10.8. The van der Waals surface area contributed by atoms with Gasteiger partial charge in [-0.1, -0.05) is 0 Å². The molecule has 0 aromatic rings. The lowest BCUT2D eigenvalue weighted by atomic mass is 10.2. The van der Waals surface area contributed by atoms with Crippen molar-refractivity contribution in [3.8, 4) is 0 Å². The average Bonchev–Trinajstić information content (AvgIpc) is 2.34. The minimum absolute atomic E-state index is 0.290. The van der Waals surface area contributed by atoms with E-state index < -0.39 is 56.3 Å². The Morgan fingerprint density at radius 3 is 2.10 bits per heavy atom. The van der Waals surface area contributed by atoms with Crippen LogP contribution >= 0.6 is 0 Å². The van der Waals surface area contributed by atoms with E-state index in [1.807, 2.05) is 0 Å². The van der Waals surface area contributed by atoms with Gasteiger partial charge in [-0.15, -0.1) is 0 Å². The van der Waals surface area contributed by atoms with Crippen molar-refractivity contribution < 1.29 is 44.3 Å². The lowest BCUT2D eigenvalue weighted by Crippen LogP contribution is -2.41. The summed E-state index contributed by atoms with van der Waals surface area (Å²) in [6.45, 7) is -1.17. The number of carboxylic acids is 3. The van der Waals surface area contributed by atoms with Crippen molar-refractivity contribution in [3.63, 3.8) is 0 Å². The molecule has 120 valence electrons. The highest BCUT2D eigenvalue weighted by molar-refractivity contribution is 5.80. The second kappa shape index (κ2) is 9.50. The molecule has 0 saturated heterocycles. The molecule has 11 heteroatoms. The Kier molecular flexibility index (Phi) is 8.41. The minimum Gasteiger partial charge on any atom is -0.481 e. The highest BCUT2D eigenvalue weighted by Gasteiger charge is 2.20. The summed E-state index contributed by atoms with van der Waals surface area (Å²) in [5.41, 5.74) is 0. The van der Waals surface area contributed by atoms with Crippen molar-refractivity contribution in [2.24, 2.45) is 0 Å². The van der Waals surface area contributed by atoms with Gasteiger partial charge in [0.1, 0.15) is 12.8 Å². The summed E-state index contributed by atoms with van der Waals surface area (Å²) in [6.07, 6.45) is -2.46. The molecular formula is C10H16N2O9. The first-order valence-corrected chi connectivity index (χ1v) is 5.69. The maximum atomic E-state index is 10.8. The number of ether oxygens (including phenoxy) is 1. The molecule has 0 aliphatic rings. The van der Waals surface area contributed by atoms with E-state index in [0.29, 0.717) is 4.90 Å². The van der Waals surface area contributed by atoms with Crippen LogP contribution in [0.1, 0.15) is 12.8 Å². The van der Waals surface area contributed by atoms with Crippen LogP contribution in [-0.2, 0) is 19.1 Å². The maximum Gasteiger partial charge on any atom is 0.409 e. The number of nitrogens with one attached hydrogen (secondary N) is 1. The molecule has 0 aliphatic heterocycles. The summed E-state index contributed by atoms with van der Waals surface area (Å²) >= 11 is 0. The summed E-state index contributed by atoms with van der Waals surface area (Å²) < 4.78 is 4.84. The summed E-state index contributed by atoms with van der Waals surface area (Å²) in [5.74, 6) is -3.88. The molecule has 0 heterocycles. The lowest BCUT2D eigenvalue weighted by molar-refractivity contribution is -0.146. The van der Waals surface area contributed by atoms with Crippen LogP contribution in [0.5, 0.6) is 0 Å². The van der Waals surface area contributed by atoms with Crippen molar-refractivity contribution in [2.75, 3.05) is 20.0 Å². The number of nitrogens with zero attached hydrogens (tertiary/aromatic N) is 1. The number of amides is 1. The molecule has 1 unspecified atom stereocenters. The normalized spacial score (nSPS) is 11.6. The Morgan fingerprint density at radius 2 is 1.67 bits per heavy atom. The van der Waals surface area contributed by atoms with E-state index in [0.717, 1.165) is 0 Å². The molecule has 1 atom stereocenters. The highest BCUT2D eigenvalue weighted by Crippen LogP contribution is 1.96. The zero-order valence-corrected chi connectivity index (χ0v) is 10.9. The van der Waals surface area contributed by atoms with Crippen LogP contribution in [0.3, 0.4) is 0 Å². The molecular weight excluding hydrogens is 292 g/mol. The van der Waals surface area contributed by atoms with Crippen molar-refractivity contribution >= 4 is 24.0 Å².